The van der Waals surface area contributed by atoms with E-state index in [1.807, 2.05) is 11.4 Å². The third kappa shape index (κ3) is 5.91. The molecule has 0 spiro atoms. The Hall–Kier alpha value is -3.17. The van der Waals surface area contributed by atoms with Crippen LogP contribution in [0.1, 0.15) is 33.4 Å². The van der Waals surface area contributed by atoms with E-state index < -0.39 is 10.0 Å². The van der Waals surface area contributed by atoms with E-state index in [0.717, 1.165) is 0 Å². The summed E-state index contributed by atoms with van der Waals surface area (Å²) in [4.78, 5) is 25.2. The third-order valence-corrected chi connectivity index (χ3v) is 6.38. The van der Waals surface area contributed by atoms with Crippen LogP contribution in [0.15, 0.2) is 66.0 Å². The molecule has 1 heterocycles. The number of carbonyl (C=O) groups is 2. The van der Waals surface area contributed by atoms with Gasteiger partial charge in [0.05, 0.1) is 10.6 Å². The second-order valence-electron chi connectivity index (χ2n) is 6.46. The summed E-state index contributed by atoms with van der Waals surface area (Å²) in [6.07, 6.45) is 0.499. The average molecular weight is 444 g/mol. The Morgan fingerprint density at radius 1 is 0.867 bits per heavy atom. The van der Waals surface area contributed by atoms with Crippen LogP contribution in [0.4, 0.5) is 17.1 Å². The van der Waals surface area contributed by atoms with Gasteiger partial charge in [0.15, 0.2) is 0 Å². The van der Waals surface area contributed by atoms with E-state index in [9.17, 15) is 18.0 Å². The maximum Gasteiger partial charge on any atom is 0.265 e. The van der Waals surface area contributed by atoms with Crippen molar-refractivity contribution < 1.29 is 18.0 Å². The van der Waals surface area contributed by atoms with Gasteiger partial charge in [0.2, 0.25) is 10.0 Å². The Bertz CT molecular complexity index is 1130. The maximum atomic E-state index is 12.5. The molecule has 0 atom stereocenters. The molecule has 2 amide bonds. The molecule has 3 N–H and O–H groups in total. The van der Waals surface area contributed by atoms with Crippen LogP contribution in [0.3, 0.4) is 0 Å². The highest BCUT2D eigenvalue weighted by Crippen LogP contribution is 2.18. The lowest BCUT2D eigenvalue weighted by molar-refractivity contribution is 0.102. The van der Waals surface area contributed by atoms with E-state index in [2.05, 4.69) is 15.4 Å². The average Bonchev–Trinajstić information content (AvgIpc) is 3.24. The molecule has 0 saturated heterocycles. The van der Waals surface area contributed by atoms with Crippen LogP contribution in [-0.4, -0.2) is 26.0 Å². The molecule has 0 aliphatic rings. The molecule has 2 aromatic carbocycles. The first-order valence-corrected chi connectivity index (χ1v) is 11.8. The van der Waals surface area contributed by atoms with Gasteiger partial charge in [0, 0.05) is 22.6 Å². The molecule has 30 heavy (non-hydrogen) atoms. The summed E-state index contributed by atoms with van der Waals surface area (Å²) in [5, 5.41) is 7.37. The Morgan fingerprint density at radius 3 is 2.13 bits per heavy atom. The van der Waals surface area contributed by atoms with Gasteiger partial charge < -0.3 is 10.6 Å². The van der Waals surface area contributed by atoms with Crippen LogP contribution in [-0.2, 0) is 10.0 Å². The van der Waals surface area contributed by atoms with Gasteiger partial charge in [0.25, 0.3) is 11.8 Å². The number of hydrogen-bond acceptors (Lipinski definition) is 5. The van der Waals surface area contributed by atoms with E-state index in [1.165, 1.54) is 17.4 Å². The fourth-order valence-corrected chi connectivity index (χ4v) is 4.41. The Labute approximate surface area is 179 Å². The highest BCUT2D eigenvalue weighted by atomic mass is 32.2. The minimum atomic E-state index is -3.43. The standard InChI is InChI=1S/C21H21N3O4S2/c1-2-13-30(27,28)24-18-6-3-5-15(14-18)20(25)22-16-8-10-17(11-9-16)23-21(26)19-7-4-12-29-19/h3-12,14,24H,2,13H2,1H3,(H,22,25)(H,23,26). The van der Waals surface area contributed by atoms with Gasteiger partial charge in [-0.05, 0) is 60.3 Å². The number of rotatable bonds is 8. The molecule has 1 aromatic heterocycles. The van der Waals surface area contributed by atoms with Gasteiger partial charge in [-0.3, -0.25) is 14.3 Å². The zero-order chi connectivity index (χ0) is 21.6. The number of sulfonamides is 1. The molecule has 0 radical (unpaired) electrons. The van der Waals surface area contributed by atoms with Gasteiger partial charge >= 0.3 is 0 Å². The minimum absolute atomic E-state index is 0.0127. The van der Waals surface area contributed by atoms with Crippen molar-refractivity contribution in [2.45, 2.75) is 13.3 Å². The summed E-state index contributed by atoms with van der Waals surface area (Å²) in [6.45, 7) is 1.78. The number of nitrogens with one attached hydrogen (secondary N) is 3. The molecule has 7 nitrogen and oxygen atoms in total. The summed E-state index contributed by atoms with van der Waals surface area (Å²) in [6, 6.07) is 16.6. The Kier molecular flexibility index (Phi) is 6.86. The topological polar surface area (TPSA) is 104 Å². The highest BCUT2D eigenvalue weighted by Gasteiger charge is 2.12. The molecule has 0 aliphatic carbocycles. The van der Waals surface area contributed by atoms with Gasteiger partial charge in [-0.2, -0.15) is 0 Å². The van der Waals surface area contributed by atoms with Gasteiger partial charge in [-0.25, -0.2) is 8.42 Å². The van der Waals surface area contributed by atoms with Gasteiger partial charge in [-0.15, -0.1) is 11.3 Å². The molecular weight excluding hydrogens is 422 g/mol. The number of hydrogen-bond donors (Lipinski definition) is 3. The molecule has 0 unspecified atom stereocenters. The first-order chi connectivity index (χ1) is 14.4. The van der Waals surface area contributed by atoms with Crippen LogP contribution in [0.25, 0.3) is 0 Å². The summed E-state index contributed by atoms with van der Waals surface area (Å²) in [5.74, 6) is -0.551. The first kappa shape index (κ1) is 21.5. The number of anilines is 3. The molecule has 0 fully saturated rings. The fourth-order valence-electron chi connectivity index (χ4n) is 2.66. The van der Waals surface area contributed by atoms with Crippen molar-refractivity contribution in [2.24, 2.45) is 0 Å². The SMILES string of the molecule is CCCS(=O)(=O)Nc1cccc(C(=O)Nc2ccc(NC(=O)c3cccs3)cc2)c1. The summed E-state index contributed by atoms with van der Waals surface area (Å²) < 4.78 is 26.3. The number of benzene rings is 2. The zero-order valence-corrected chi connectivity index (χ0v) is 17.8. The van der Waals surface area contributed by atoms with E-state index in [1.54, 1.807) is 55.5 Å². The quantitative estimate of drug-likeness (QED) is 0.480. The molecule has 0 saturated carbocycles. The van der Waals surface area contributed by atoms with E-state index in [-0.39, 0.29) is 17.6 Å². The zero-order valence-electron chi connectivity index (χ0n) is 16.2. The lowest BCUT2D eigenvalue weighted by atomic mass is 10.2. The van der Waals surface area contributed by atoms with Crippen molar-refractivity contribution in [1.82, 2.24) is 0 Å². The molecule has 156 valence electrons. The normalized spacial score (nSPS) is 11.0. The fraction of sp³-hybridized carbons (Fsp3) is 0.143. The van der Waals surface area contributed by atoms with Crippen LogP contribution in [0.5, 0.6) is 0 Å². The molecule has 0 bridgehead atoms. The van der Waals surface area contributed by atoms with Crippen LogP contribution >= 0.6 is 11.3 Å². The minimum Gasteiger partial charge on any atom is -0.322 e. The van der Waals surface area contributed by atoms with E-state index in [0.29, 0.717) is 33.9 Å². The van der Waals surface area contributed by atoms with E-state index >= 15 is 0 Å². The monoisotopic (exact) mass is 443 g/mol. The first-order valence-electron chi connectivity index (χ1n) is 9.23. The largest absolute Gasteiger partial charge is 0.322 e. The molecule has 0 aliphatic heterocycles. The highest BCUT2D eigenvalue weighted by molar-refractivity contribution is 7.92. The molecule has 3 aromatic rings. The summed E-state index contributed by atoms with van der Waals surface area (Å²) in [7, 11) is -3.43. The summed E-state index contributed by atoms with van der Waals surface area (Å²) >= 11 is 1.35. The number of carbonyl (C=O) groups excluding carboxylic acids is 2. The van der Waals surface area contributed by atoms with Crippen molar-refractivity contribution in [1.29, 1.82) is 0 Å². The Balaban J connectivity index is 1.63. The number of thiophene rings is 1. The maximum absolute atomic E-state index is 12.5. The smallest absolute Gasteiger partial charge is 0.265 e. The second-order valence-corrected chi connectivity index (χ2v) is 9.25. The van der Waals surface area contributed by atoms with Crippen molar-refractivity contribution in [3.8, 4) is 0 Å². The van der Waals surface area contributed by atoms with Crippen molar-refractivity contribution in [3.63, 3.8) is 0 Å². The second kappa shape index (κ2) is 9.55. The van der Waals surface area contributed by atoms with Gasteiger partial charge in [0.1, 0.15) is 0 Å². The van der Waals surface area contributed by atoms with Crippen LogP contribution in [0.2, 0.25) is 0 Å². The lowest BCUT2D eigenvalue weighted by Crippen LogP contribution is -2.17. The lowest BCUT2D eigenvalue weighted by Gasteiger charge is -2.10. The van der Waals surface area contributed by atoms with Crippen LogP contribution in [0, 0.1) is 0 Å². The van der Waals surface area contributed by atoms with Crippen molar-refractivity contribution >= 4 is 50.2 Å². The van der Waals surface area contributed by atoms with Crippen molar-refractivity contribution in [2.75, 3.05) is 21.1 Å². The Morgan fingerprint density at radius 2 is 1.53 bits per heavy atom. The predicted molar refractivity (Wildman–Crippen MR) is 121 cm³/mol. The summed E-state index contributed by atoms with van der Waals surface area (Å²) in [5.41, 5.74) is 1.81. The molecule has 9 heteroatoms. The predicted octanol–water partition coefficient (Wildman–Crippen LogP) is 4.40. The molecular formula is C21H21N3O4S2. The van der Waals surface area contributed by atoms with E-state index in [4.69, 9.17) is 0 Å². The van der Waals surface area contributed by atoms with Gasteiger partial charge in [-0.1, -0.05) is 19.1 Å². The van der Waals surface area contributed by atoms with Crippen molar-refractivity contribution in [3.05, 3.63) is 76.5 Å². The molecule has 3 rings (SSSR count). The number of amides is 2. The van der Waals surface area contributed by atoms with Crippen LogP contribution < -0.4 is 15.4 Å². The third-order valence-electron chi connectivity index (χ3n) is 4.02.